The van der Waals surface area contributed by atoms with Crippen molar-refractivity contribution in [2.24, 2.45) is 16.3 Å². The van der Waals surface area contributed by atoms with Crippen LogP contribution in [-0.2, 0) is 9.53 Å². The summed E-state index contributed by atoms with van der Waals surface area (Å²) in [6.45, 7) is 12.7. The number of fused-ring (bicyclic) bond motifs is 1. The van der Waals surface area contributed by atoms with E-state index in [1.54, 1.807) is 0 Å². The molecule has 2 aliphatic rings. The number of benzene rings is 1. The van der Waals surface area contributed by atoms with Crippen LogP contribution in [0.2, 0.25) is 0 Å². The third-order valence-corrected chi connectivity index (χ3v) is 5.79. The zero-order valence-electron chi connectivity index (χ0n) is 19.4. The van der Waals surface area contributed by atoms with E-state index >= 15 is 0 Å². The van der Waals surface area contributed by atoms with Gasteiger partial charge in [-0.3, -0.25) is 9.79 Å². The van der Waals surface area contributed by atoms with Crippen LogP contribution in [0.3, 0.4) is 0 Å². The first-order valence-electron chi connectivity index (χ1n) is 11.6. The number of rotatable bonds is 7. The Morgan fingerprint density at radius 1 is 1.26 bits per heavy atom. The molecule has 0 spiro atoms. The number of aliphatic imine (C=N–C) groups is 1. The predicted molar refractivity (Wildman–Crippen MR) is 125 cm³/mol. The van der Waals surface area contributed by atoms with Gasteiger partial charge in [-0.15, -0.1) is 0 Å². The van der Waals surface area contributed by atoms with Crippen molar-refractivity contribution in [2.75, 3.05) is 44.3 Å². The van der Waals surface area contributed by atoms with Gasteiger partial charge in [-0.2, -0.15) is 0 Å². The van der Waals surface area contributed by atoms with E-state index in [1.165, 1.54) is 0 Å². The van der Waals surface area contributed by atoms with Crippen molar-refractivity contribution in [3.63, 3.8) is 0 Å². The van der Waals surface area contributed by atoms with Gasteiger partial charge in [0.25, 0.3) is 5.91 Å². The van der Waals surface area contributed by atoms with Crippen LogP contribution < -0.4 is 20.3 Å². The smallest absolute Gasteiger partial charge is 0.265 e. The average molecular weight is 431 g/mol. The zero-order valence-corrected chi connectivity index (χ0v) is 19.4. The molecule has 0 aromatic heterocycles. The second-order valence-electron chi connectivity index (χ2n) is 9.36. The van der Waals surface area contributed by atoms with Gasteiger partial charge in [0.05, 0.1) is 11.8 Å². The van der Waals surface area contributed by atoms with Crippen LogP contribution in [0.5, 0.6) is 5.75 Å². The first-order valence-corrected chi connectivity index (χ1v) is 11.6. The van der Waals surface area contributed by atoms with Gasteiger partial charge in [0.15, 0.2) is 12.6 Å². The first kappa shape index (κ1) is 23.4. The summed E-state index contributed by atoms with van der Waals surface area (Å²) in [5.74, 6) is 2.04. The van der Waals surface area contributed by atoms with E-state index in [1.807, 2.05) is 29.2 Å². The lowest BCUT2D eigenvalue weighted by Crippen LogP contribution is -2.43. The van der Waals surface area contributed by atoms with Gasteiger partial charge in [-0.25, -0.2) is 0 Å². The van der Waals surface area contributed by atoms with Crippen LogP contribution in [0.25, 0.3) is 0 Å². The molecule has 1 aromatic carbocycles. The lowest BCUT2D eigenvalue weighted by Gasteiger charge is -2.39. The molecule has 1 fully saturated rings. The van der Waals surface area contributed by atoms with E-state index in [0.29, 0.717) is 12.5 Å². The van der Waals surface area contributed by atoms with E-state index in [2.05, 4.69) is 38.3 Å². The number of nitrogens with zero attached hydrogens (tertiary/aromatic N) is 2. The Morgan fingerprint density at radius 2 is 2.06 bits per heavy atom. The predicted octanol–water partition coefficient (Wildman–Crippen LogP) is 3.20. The average Bonchev–Trinajstić information content (AvgIpc) is 2.75. The second kappa shape index (κ2) is 10.8. The van der Waals surface area contributed by atoms with E-state index in [4.69, 9.17) is 14.5 Å². The van der Waals surface area contributed by atoms with Crippen LogP contribution in [-0.4, -0.2) is 57.4 Å². The molecule has 0 saturated carbocycles. The number of hydrogen-bond donors (Lipinski definition) is 2. The first-order chi connectivity index (χ1) is 14.9. The van der Waals surface area contributed by atoms with Crippen molar-refractivity contribution in [1.82, 2.24) is 10.6 Å². The van der Waals surface area contributed by atoms with Gasteiger partial charge >= 0.3 is 0 Å². The van der Waals surface area contributed by atoms with Crippen molar-refractivity contribution in [2.45, 2.75) is 53.1 Å². The molecule has 3 rings (SSSR count). The summed E-state index contributed by atoms with van der Waals surface area (Å²) in [5.41, 5.74) is 0.970. The largest absolute Gasteiger partial charge is 0.482 e. The van der Waals surface area contributed by atoms with Crippen LogP contribution >= 0.6 is 0 Å². The molecular formula is C24H38N4O3. The number of hydrogen-bond acceptors (Lipinski definition) is 4. The fourth-order valence-corrected chi connectivity index (χ4v) is 4.38. The maximum Gasteiger partial charge on any atom is 0.265 e. The molecule has 1 aromatic rings. The molecule has 1 saturated heterocycles. The Balaban J connectivity index is 1.52. The summed E-state index contributed by atoms with van der Waals surface area (Å²) in [7, 11) is 0. The highest BCUT2D eigenvalue weighted by Crippen LogP contribution is 2.34. The minimum atomic E-state index is 0.00444. The van der Waals surface area contributed by atoms with Gasteiger partial charge in [-0.1, -0.05) is 32.9 Å². The second-order valence-corrected chi connectivity index (χ2v) is 9.36. The molecule has 7 nitrogen and oxygen atoms in total. The topological polar surface area (TPSA) is 75.2 Å². The SMILES string of the molecule is CCNC(=NCC1CCCOC1C(C)(C)C)NCCCN1C(=O)COc2ccccc21. The Hall–Kier alpha value is -2.28. The summed E-state index contributed by atoms with van der Waals surface area (Å²) < 4.78 is 11.6. The molecule has 0 bridgehead atoms. The third-order valence-electron chi connectivity index (χ3n) is 5.79. The molecule has 2 aliphatic heterocycles. The van der Waals surface area contributed by atoms with Crippen molar-refractivity contribution >= 4 is 17.6 Å². The molecular weight excluding hydrogens is 392 g/mol. The minimum Gasteiger partial charge on any atom is -0.482 e. The van der Waals surface area contributed by atoms with Crippen molar-refractivity contribution < 1.29 is 14.3 Å². The maximum atomic E-state index is 12.3. The summed E-state index contributed by atoms with van der Waals surface area (Å²) >= 11 is 0. The third kappa shape index (κ3) is 6.35. The Labute approximate surface area is 186 Å². The number of carbonyl (C=O) groups is 1. The van der Waals surface area contributed by atoms with Gasteiger partial charge in [0, 0.05) is 38.7 Å². The van der Waals surface area contributed by atoms with Gasteiger partial charge in [0.1, 0.15) is 5.75 Å². The molecule has 2 N–H and O–H groups in total. The molecule has 2 unspecified atom stereocenters. The minimum absolute atomic E-state index is 0.00444. The summed E-state index contributed by atoms with van der Waals surface area (Å²) in [5, 5.41) is 6.76. The lowest BCUT2D eigenvalue weighted by atomic mass is 9.78. The molecule has 0 radical (unpaired) electrons. The number of guanidine groups is 1. The molecule has 7 heteroatoms. The number of amides is 1. The number of nitrogens with one attached hydrogen (secondary N) is 2. The number of ether oxygens (including phenoxy) is 2. The summed E-state index contributed by atoms with van der Waals surface area (Å²) in [4.78, 5) is 19.0. The highest BCUT2D eigenvalue weighted by Gasteiger charge is 2.35. The zero-order chi connectivity index (χ0) is 22.3. The van der Waals surface area contributed by atoms with E-state index in [0.717, 1.165) is 62.9 Å². The normalized spacial score (nSPS) is 22.0. The molecule has 2 heterocycles. The molecule has 1 amide bonds. The van der Waals surface area contributed by atoms with E-state index in [-0.39, 0.29) is 24.0 Å². The van der Waals surface area contributed by atoms with Crippen LogP contribution in [0.1, 0.15) is 47.0 Å². The van der Waals surface area contributed by atoms with Crippen LogP contribution in [0.15, 0.2) is 29.3 Å². The maximum absolute atomic E-state index is 12.3. The molecule has 172 valence electrons. The highest BCUT2D eigenvalue weighted by molar-refractivity contribution is 5.97. The summed E-state index contributed by atoms with van der Waals surface area (Å²) in [6.07, 6.45) is 3.32. The fraction of sp³-hybridized carbons (Fsp3) is 0.667. The number of anilines is 1. The Bertz CT molecular complexity index is 759. The molecule has 0 aliphatic carbocycles. The van der Waals surface area contributed by atoms with E-state index in [9.17, 15) is 4.79 Å². The van der Waals surface area contributed by atoms with Crippen molar-refractivity contribution in [1.29, 1.82) is 0 Å². The standard InChI is InChI=1S/C24H38N4O3/c1-5-25-23(27-16-18-10-8-15-30-22(18)24(2,3)4)26-13-9-14-28-19-11-6-7-12-20(19)31-17-21(28)29/h6-7,11-12,18,22H,5,8-10,13-17H2,1-4H3,(H2,25,26,27). The summed E-state index contributed by atoms with van der Waals surface area (Å²) in [6, 6.07) is 7.70. The van der Waals surface area contributed by atoms with Crippen molar-refractivity contribution in [3.8, 4) is 5.75 Å². The Kier molecular flexibility index (Phi) is 8.18. The van der Waals surface area contributed by atoms with E-state index < -0.39 is 0 Å². The number of para-hydroxylation sites is 2. The van der Waals surface area contributed by atoms with Crippen molar-refractivity contribution in [3.05, 3.63) is 24.3 Å². The monoisotopic (exact) mass is 430 g/mol. The van der Waals surface area contributed by atoms with Crippen LogP contribution in [0, 0.1) is 11.3 Å². The highest BCUT2D eigenvalue weighted by atomic mass is 16.5. The lowest BCUT2D eigenvalue weighted by molar-refractivity contribution is -0.121. The Morgan fingerprint density at radius 3 is 2.84 bits per heavy atom. The molecule has 31 heavy (non-hydrogen) atoms. The fourth-order valence-electron chi connectivity index (χ4n) is 4.38. The quantitative estimate of drug-likeness (QED) is 0.395. The van der Waals surface area contributed by atoms with Gasteiger partial charge < -0.3 is 25.0 Å². The molecule has 2 atom stereocenters. The number of carbonyl (C=O) groups excluding carboxylic acids is 1. The van der Waals surface area contributed by atoms with Gasteiger partial charge in [0.2, 0.25) is 0 Å². The van der Waals surface area contributed by atoms with Crippen LogP contribution in [0.4, 0.5) is 5.69 Å². The van der Waals surface area contributed by atoms with Gasteiger partial charge in [-0.05, 0) is 43.7 Å².